The molecule has 0 aromatic carbocycles. The summed E-state index contributed by atoms with van der Waals surface area (Å²) in [6.45, 7) is 3.81. The summed E-state index contributed by atoms with van der Waals surface area (Å²) in [5.41, 5.74) is 0. The van der Waals surface area contributed by atoms with E-state index in [1.54, 1.807) is 0 Å². The zero-order valence-electron chi connectivity index (χ0n) is 6.91. The molecule has 1 heterocycles. The number of carboxylic acids is 1. The highest BCUT2D eigenvalue weighted by Gasteiger charge is 2.30. The molecule has 1 fully saturated rings. The van der Waals surface area contributed by atoms with Crippen LogP contribution in [0.25, 0.3) is 0 Å². The SMILES string of the molecule is CC1CCC(C(=O)O)C(C)O1. The number of hydrogen-bond acceptors (Lipinski definition) is 2. The average Bonchev–Trinajstić information content (AvgIpc) is 1.85. The van der Waals surface area contributed by atoms with Gasteiger partial charge >= 0.3 is 5.97 Å². The van der Waals surface area contributed by atoms with Gasteiger partial charge < -0.3 is 9.84 Å². The van der Waals surface area contributed by atoms with Crippen molar-refractivity contribution >= 4 is 5.97 Å². The molecule has 0 spiro atoms. The molecule has 64 valence electrons. The second-order valence-electron chi connectivity index (χ2n) is 3.17. The highest BCUT2D eigenvalue weighted by Crippen LogP contribution is 2.24. The Kier molecular flexibility index (Phi) is 2.49. The summed E-state index contributed by atoms with van der Waals surface area (Å²) in [5.74, 6) is -1.03. The van der Waals surface area contributed by atoms with Gasteiger partial charge in [-0.15, -0.1) is 0 Å². The summed E-state index contributed by atoms with van der Waals surface area (Å²) in [7, 11) is 0. The van der Waals surface area contributed by atoms with Crippen LogP contribution >= 0.6 is 0 Å². The van der Waals surface area contributed by atoms with E-state index < -0.39 is 5.97 Å². The fourth-order valence-corrected chi connectivity index (χ4v) is 1.50. The van der Waals surface area contributed by atoms with E-state index in [0.717, 1.165) is 12.8 Å². The van der Waals surface area contributed by atoms with Gasteiger partial charge in [-0.1, -0.05) is 0 Å². The first kappa shape index (κ1) is 8.53. The van der Waals surface area contributed by atoms with Gasteiger partial charge in [0.15, 0.2) is 0 Å². The number of rotatable bonds is 1. The van der Waals surface area contributed by atoms with Gasteiger partial charge in [-0.05, 0) is 26.7 Å². The normalized spacial score (nSPS) is 38.5. The lowest BCUT2D eigenvalue weighted by molar-refractivity contribution is -0.154. The van der Waals surface area contributed by atoms with Crippen LogP contribution in [0.2, 0.25) is 0 Å². The van der Waals surface area contributed by atoms with E-state index >= 15 is 0 Å². The van der Waals surface area contributed by atoms with Crippen LogP contribution in [0.1, 0.15) is 26.7 Å². The van der Waals surface area contributed by atoms with Crippen molar-refractivity contribution in [3.8, 4) is 0 Å². The summed E-state index contributed by atoms with van der Waals surface area (Å²) >= 11 is 0. The highest BCUT2D eigenvalue weighted by molar-refractivity contribution is 5.70. The molecule has 0 saturated carbocycles. The third-order valence-electron chi connectivity index (χ3n) is 2.21. The molecule has 3 nitrogen and oxygen atoms in total. The number of hydrogen-bond donors (Lipinski definition) is 1. The van der Waals surface area contributed by atoms with E-state index in [1.807, 2.05) is 13.8 Å². The van der Waals surface area contributed by atoms with Gasteiger partial charge in [0.05, 0.1) is 18.1 Å². The van der Waals surface area contributed by atoms with Crippen LogP contribution in [0.3, 0.4) is 0 Å². The van der Waals surface area contributed by atoms with Gasteiger partial charge in [-0.2, -0.15) is 0 Å². The molecule has 0 radical (unpaired) electrons. The smallest absolute Gasteiger partial charge is 0.309 e. The molecular formula is C8H14O3. The average molecular weight is 158 g/mol. The summed E-state index contributed by atoms with van der Waals surface area (Å²) in [5, 5.41) is 8.71. The second-order valence-corrected chi connectivity index (χ2v) is 3.17. The van der Waals surface area contributed by atoms with Gasteiger partial charge in [-0.25, -0.2) is 0 Å². The minimum atomic E-state index is -0.732. The van der Waals surface area contributed by atoms with Crippen molar-refractivity contribution in [1.82, 2.24) is 0 Å². The first-order valence-corrected chi connectivity index (χ1v) is 3.99. The van der Waals surface area contributed by atoms with Gasteiger partial charge in [-0.3, -0.25) is 4.79 Å². The van der Waals surface area contributed by atoms with Crippen LogP contribution in [-0.2, 0) is 9.53 Å². The van der Waals surface area contributed by atoms with Crippen LogP contribution in [0.4, 0.5) is 0 Å². The molecule has 3 atom stereocenters. The monoisotopic (exact) mass is 158 g/mol. The Hall–Kier alpha value is -0.570. The van der Waals surface area contributed by atoms with Crippen molar-refractivity contribution in [2.45, 2.75) is 38.9 Å². The maximum atomic E-state index is 10.6. The van der Waals surface area contributed by atoms with Crippen LogP contribution < -0.4 is 0 Å². The van der Waals surface area contributed by atoms with Crippen molar-refractivity contribution in [2.75, 3.05) is 0 Å². The molecule has 0 bridgehead atoms. The van der Waals surface area contributed by atoms with Gasteiger partial charge in [0.2, 0.25) is 0 Å². The Morgan fingerprint density at radius 1 is 1.45 bits per heavy atom. The molecule has 0 amide bonds. The van der Waals surface area contributed by atoms with E-state index in [-0.39, 0.29) is 18.1 Å². The third-order valence-corrected chi connectivity index (χ3v) is 2.21. The Balaban J connectivity index is 2.50. The molecule has 11 heavy (non-hydrogen) atoms. The van der Waals surface area contributed by atoms with Crippen LogP contribution in [-0.4, -0.2) is 23.3 Å². The van der Waals surface area contributed by atoms with Gasteiger partial charge in [0.1, 0.15) is 0 Å². The summed E-state index contributed by atoms with van der Waals surface area (Å²) in [6, 6.07) is 0. The second kappa shape index (κ2) is 3.22. The minimum absolute atomic E-state index is 0.128. The number of carbonyl (C=O) groups is 1. The summed E-state index contributed by atoms with van der Waals surface area (Å²) in [6.07, 6.45) is 1.70. The molecular weight excluding hydrogens is 144 g/mol. The van der Waals surface area contributed by atoms with Crippen LogP contribution in [0, 0.1) is 5.92 Å². The van der Waals surface area contributed by atoms with Crippen LogP contribution in [0.5, 0.6) is 0 Å². The van der Waals surface area contributed by atoms with E-state index in [9.17, 15) is 4.79 Å². The Labute approximate surface area is 66.4 Å². The van der Waals surface area contributed by atoms with E-state index in [2.05, 4.69) is 0 Å². The zero-order chi connectivity index (χ0) is 8.43. The third kappa shape index (κ3) is 1.93. The lowest BCUT2D eigenvalue weighted by Crippen LogP contribution is -2.36. The first-order valence-electron chi connectivity index (χ1n) is 3.99. The molecule has 3 unspecified atom stereocenters. The van der Waals surface area contributed by atoms with Crippen molar-refractivity contribution in [2.24, 2.45) is 5.92 Å². The standard InChI is InChI=1S/C8H14O3/c1-5-3-4-7(8(9)10)6(2)11-5/h5-7H,3-4H2,1-2H3,(H,9,10). The topological polar surface area (TPSA) is 46.5 Å². The Bertz CT molecular complexity index is 155. The molecule has 1 aliphatic rings. The molecule has 1 rings (SSSR count). The quantitative estimate of drug-likeness (QED) is 0.625. The predicted molar refractivity (Wildman–Crippen MR) is 40.4 cm³/mol. The van der Waals surface area contributed by atoms with Crippen molar-refractivity contribution in [1.29, 1.82) is 0 Å². The number of carboxylic acid groups (broad SMARTS) is 1. The van der Waals surface area contributed by atoms with E-state index in [0.29, 0.717) is 0 Å². The van der Waals surface area contributed by atoms with Crippen molar-refractivity contribution < 1.29 is 14.6 Å². The fourth-order valence-electron chi connectivity index (χ4n) is 1.50. The highest BCUT2D eigenvalue weighted by atomic mass is 16.5. The summed E-state index contributed by atoms with van der Waals surface area (Å²) < 4.78 is 5.38. The Morgan fingerprint density at radius 2 is 2.09 bits per heavy atom. The zero-order valence-corrected chi connectivity index (χ0v) is 6.91. The largest absolute Gasteiger partial charge is 0.481 e. The number of ether oxygens (including phenoxy) is 1. The molecule has 0 aliphatic carbocycles. The van der Waals surface area contributed by atoms with Gasteiger partial charge in [0, 0.05) is 0 Å². The Morgan fingerprint density at radius 3 is 2.55 bits per heavy atom. The van der Waals surface area contributed by atoms with Crippen LogP contribution in [0.15, 0.2) is 0 Å². The lowest BCUT2D eigenvalue weighted by atomic mass is 9.93. The van der Waals surface area contributed by atoms with E-state index in [4.69, 9.17) is 9.84 Å². The minimum Gasteiger partial charge on any atom is -0.481 e. The number of aliphatic carboxylic acids is 1. The van der Waals surface area contributed by atoms with Crippen molar-refractivity contribution in [3.05, 3.63) is 0 Å². The lowest BCUT2D eigenvalue weighted by Gasteiger charge is -2.30. The predicted octanol–water partition coefficient (Wildman–Crippen LogP) is 1.27. The molecule has 0 aromatic heterocycles. The van der Waals surface area contributed by atoms with Crippen molar-refractivity contribution in [3.63, 3.8) is 0 Å². The molecule has 3 heteroatoms. The van der Waals surface area contributed by atoms with Gasteiger partial charge in [0.25, 0.3) is 0 Å². The molecule has 1 aliphatic heterocycles. The maximum absolute atomic E-state index is 10.6. The fraction of sp³-hybridized carbons (Fsp3) is 0.875. The van der Waals surface area contributed by atoms with E-state index in [1.165, 1.54) is 0 Å². The summed E-state index contributed by atoms with van der Waals surface area (Å²) in [4.78, 5) is 10.6. The first-order chi connectivity index (χ1) is 5.11. The molecule has 1 N–H and O–H groups in total. The molecule has 1 saturated heterocycles. The maximum Gasteiger partial charge on any atom is 0.309 e. The molecule has 0 aromatic rings.